The van der Waals surface area contributed by atoms with Crippen molar-refractivity contribution in [3.05, 3.63) is 17.8 Å². The van der Waals surface area contributed by atoms with Gasteiger partial charge in [-0.25, -0.2) is 13.8 Å². The number of anilines is 1. The molecule has 29 heavy (non-hydrogen) atoms. The monoisotopic (exact) mass is 410 g/mol. The number of amides is 2. The molecule has 0 spiro atoms. The lowest BCUT2D eigenvalue weighted by molar-refractivity contribution is -0.129. The van der Waals surface area contributed by atoms with Crippen molar-refractivity contribution >= 4 is 17.5 Å². The van der Waals surface area contributed by atoms with Crippen LogP contribution in [0.4, 0.5) is 14.5 Å². The van der Waals surface area contributed by atoms with Crippen LogP contribution in [0.3, 0.4) is 0 Å². The van der Waals surface area contributed by atoms with Crippen LogP contribution >= 0.6 is 0 Å². The first-order valence-electron chi connectivity index (χ1n) is 9.83. The van der Waals surface area contributed by atoms with Crippen molar-refractivity contribution in [2.24, 2.45) is 11.3 Å². The second-order valence-electron chi connectivity index (χ2n) is 8.48. The smallest absolute Gasteiger partial charge is 0.282 e. The van der Waals surface area contributed by atoms with Crippen molar-refractivity contribution in [3.63, 3.8) is 0 Å². The van der Waals surface area contributed by atoms with Crippen molar-refractivity contribution in [2.75, 3.05) is 31.6 Å². The second-order valence-corrected chi connectivity index (χ2v) is 8.48. The maximum absolute atomic E-state index is 13.3. The molecule has 2 heterocycles. The minimum Gasteiger partial charge on any atom is -0.476 e. The minimum absolute atomic E-state index is 0.117. The molecule has 1 saturated heterocycles. The minimum atomic E-state index is -2.72. The number of carbonyl (C=O) groups excluding carboxylic acids is 2. The van der Waals surface area contributed by atoms with E-state index < -0.39 is 36.4 Å². The standard InChI is InChI=1S/C20H28F2N4O3/c1-12(19(2,3)18(28)23-4)24-16(27)14-7-8-15(26-10-20(21,22)11-26)17(25-14)29-9-13-5-6-13/h7-8,12-13H,5-6,9-11H2,1-4H3,(H,23,28)(H,24,27). The number of pyridine rings is 1. The van der Waals surface area contributed by atoms with Crippen LogP contribution in [0.2, 0.25) is 0 Å². The summed E-state index contributed by atoms with van der Waals surface area (Å²) in [6.45, 7) is 4.89. The molecule has 160 valence electrons. The summed E-state index contributed by atoms with van der Waals surface area (Å²) < 4.78 is 32.3. The van der Waals surface area contributed by atoms with Gasteiger partial charge in [-0.05, 0) is 51.7 Å². The third-order valence-corrected chi connectivity index (χ3v) is 5.65. The van der Waals surface area contributed by atoms with Crippen molar-refractivity contribution < 1.29 is 23.1 Å². The van der Waals surface area contributed by atoms with Crippen LogP contribution in [-0.4, -0.2) is 55.5 Å². The Bertz CT molecular complexity index is 788. The largest absolute Gasteiger partial charge is 0.476 e. The molecule has 1 aromatic rings. The van der Waals surface area contributed by atoms with Crippen molar-refractivity contribution in [2.45, 2.75) is 45.6 Å². The lowest BCUT2D eigenvalue weighted by atomic mass is 9.84. The summed E-state index contributed by atoms with van der Waals surface area (Å²) in [6.07, 6.45) is 2.15. The third kappa shape index (κ3) is 4.76. The fourth-order valence-electron chi connectivity index (χ4n) is 3.04. The van der Waals surface area contributed by atoms with Gasteiger partial charge in [0.1, 0.15) is 11.4 Å². The number of hydrogen-bond acceptors (Lipinski definition) is 5. The quantitative estimate of drug-likeness (QED) is 0.687. The van der Waals surface area contributed by atoms with E-state index in [2.05, 4.69) is 15.6 Å². The van der Waals surface area contributed by atoms with Crippen LogP contribution in [0.5, 0.6) is 5.88 Å². The van der Waals surface area contributed by atoms with Gasteiger partial charge in [0.2, 0.25) is 11.8 Å². The molecule has 2 N–H and O–H groups in total. The molecule has 1 saturated carbocycles. The number of ether oxygens (including phenoxy) is 1. The first-order valence-corrected chi connectivity index (χ1v) is 9.83. The summed E-state index contributed by atoms with van der Waals surface area (Å²) in [4.78, 5) is 30.5. The number of rotatable bonds is 8. The van der Waals surface area contributed by atoms with Crippen LogP contribution in [0.1, 0.15) is 44.1 Å². The van der Waals surface area contributed by atoms with Gasteiger partial charge < -0.3 is 20.3 Å². The lowest BCUT2D eigenvalue weighted by Gasteiger charge is -2.40. The van der Waals surface area contributed by atoms with Crippen LogP contribution in [-0.2, 0) is 4.79 Å². The van der Waals surface area contributed by atoms with Crippen molar-refractivity contribution in [1.82, 2.24) is 15.6 Å². The molecule has 1 atom stereocenters. The lowest BCUT2D eigenvalue weighted by Crippen LogP contribution is -2.56. The fourth-order valence-corrected chi connectivity index (χ4v) is 3.04. The Morgan fingerprint density at radius 3 is 2.55 bits per heavy atom. The Hall–Kier alpha value is -2.45. The molecule has 0 bridgehead atoms. The molecule has 1 aliphatic carbocycles. The molecule has 2 amide bonds. The Balaban J connectivity index is 1.75. The van der Waals surface area contributed by atoms with Crippen LogP contribution in [0.15, 0.2) is 12.1 Å². The zero-order valence-electron chi connectivity index (χ0n) is 17.2. The Morgan fingerprint density at radius 2 is 2.00 bits per heavy atom. The van der Waals surface area contributed by atoms with E-state index in [1.807, 2.05) is 0 Å². The molecule has 3 rings (SSSR count). The number of carbonyl (C=O) groups is 2. The molecular weight excluding hydrogens is 382 g/mol. The maximum Gasteiger partial charge on any atom is 0.282 e. The van der Waals surface area contributed by atoms with Gasteiger partial charge >= 0.3 is 0 Å². The van der Waals surface area contributed by atoms with Gasteiger partial charge in [0.15, 0.2) is 0 Å². The van der Waals surface area contributed by atoms with E-state index in [9.17, 15) is 18.4 Å². The summed E-state index contributed by atoms with van der Waals surface area (Å²) in [7, 11) is 1.54. The molecule has 0 radical (unpaired) electrons. The third-order valence-electron chi connectivity index (χ3n) is 5.65. The highest BCUT2D eigenvalue weighted by Crippen LogP contribution is 2.38. The summed E-state index contributed by atoms with van der Waals surface area (Å²) in [6, 6.07) is 2.62. The molecule has 1 aromatic heterocycles. The van der Waals surface area contributed by atoms with Gasteiger partial charge in [0.05, 0.1) is 25.1 Å². The summed E-state index contributed by atoms with van der Waals surface area (Å²) in [5.41, 5.74) is -0.239. The maximum atomic E-state index is 13.3. The van der Waals surface area contributed by atoms with Gasteiger partial charge in [-0.1, -0.05) is 0 Å². The average Bonchev–Trinajstić information content (AvgIpc) is 3.47. The van der Waals surface area contributed by atoms with Crippen LogP contribution in [0, 0.1) is 11.3 Å². The normalized spacial score (nSPS) is 19.2. The zero-order chi connectivity index (χ0) is 21.4. The van der Waals surface area contributed by atoms with Gasteiger partial charge in [-0.15, -0.1) is 0 Å². The van der Waals surface area contributed by atoms with E-state index in [0.29, 0.717) is 18.2 Å². The number of alkyl halides is 2. The second kappa shape index (κ2) is 7.76. The van der Waals surface area contributed by atoms with Crippen molar-refractivity contribution in [3.8, 4) is 5.88 Å². The predicted molar refractivity (Wildman–Crippen MR) is 104 cm³/mol. The topological polar surface area (TPSA) is 83.6 Å². The van der Waals surface area contributed by atoms with E-state index in [0.717, 1.165) is 12.8 Å². The van der Waals surface area contributed by atoms with Gasteiger partial charge in [0.25, 0.3) is 11.8 Å². The van der Waals surface area contributed by atoms with E-state index in [-0.39, 0.29) is 17.5 Å². The first-order chi connectivity index (χ1) is 13.5. The molecular formula is C20H28F2N4O3. The Labute approximate surface area is 169 Å². The highest BCUT2D eigenvalue weighted by molar-refractivity contribution is 5.94. The van der Waals surface area contributed by atoms with E-state index >= 15 is 0 Å². The van der Waals surface area contributed by atoms with E-state index in [1.54, 1.807) is 33.9 Å². The van der Waals surface area contributed by atoms with Crippen molar-refractivity contribution in [1.29, 1.82) is 0 Å². The predicted octanol–water partition coefficient (Wildman–Crippen LogP) is 2.22. The van der Waals surface area contributed by atoms with E-state index in [1.165, 1.54) is 11.0 Å². The summed E-state index contributed by atoms with van der Waals surface area (Å²) in [5, 5.41) is 5.38. The van der Waals surface area contributed by atoms with Gasteiger partial charge in [-0.3, -0.25) is 9.59 Å². The highest BCUT2D eigenvalue weighted by Gasteiger charge is 2.45. The van der Waals surface area contributed by atoms with Gasteiger partial charge in [-0.2, -0.15) is 0 Å². The zero-order valence-corrected chi connectivity index (χ0v) is 17.2. The number of halogens is 2. The molecule has 9 heteroatoms. The molecule has 2 fully saturated rings. The molecule has 7 nitrogen and oxygen atoms in total. The summed E-state index contributed by atoms with van der Waals surface area (Å²) >= 11 is 0. The Kier molecular flexibility index (Phi) is 5.69. The van der Waals surface area contributed by atoms with E-state index in [4.69, 9.17) is 4.74 Å². The van der Waals surface area contributed by atoms with Crippen LogP contribution < -0.4 is 20.3 Å². The summed E-state index contributed by atoms with van der Waals surface area (Å²) in [5.74, 6) is -2.72. The average molecular weight is 410 g/mol. The van der Waals surface area contributed by atoms with Crippen LogP contribution in [0.25, 0.3) is 0 Å². The molecule has 2 aliphatic rings. The number of hydrogen-bond donors (Lipinski definition) is 2. The van der Waals surface area contributed by atoms with Gasteiger partial charge in [0, 0.05) is 13.1 Å². The number of nitrogens with one attached hydrogen (secondary N) is 2. The number of nitrogens with zero attached hydrogens (tertiary/aromatic N) is 2. The SMILES string of the molecule is CNC(=O)C(C)(C)C(C)NC(=O)c1ccc(N2CC(F)(F)C2)c(OCC2CC2)n1. The number of aromatic nitrogens is 1. The Morgan fingerprint density at radius 1 is 1.34 bits per heavy atom. The molecule has 1 aliphatic heterocycles. The first kappa shape index (κ1) is 21.3. The highest BCUT2D eigenvalue weighted by atomic mass is 19.3. The molecule has 1 unspecified atom stereocenters. The molecule has 0 aromatic carbocycles. The fraction of sp³-hybridized carbons (Fsp3) is 0.650.